The van der Waals surface area contributed by atoms with Gasteiger partial charge in [-0.15, -0.1) is 12.4 Å². The molecule has 0 aliphatic carbocycles. The van der Waals surface area contributed by atoms with Crippen molar-refractivity contribution in [2.75, 3.05) is 32.7 Å². The Kier molecular flexibility index (Phi) is 7.42. The van der Waals surface area contributed by atoms with Gasteiger partial charge in [0.2, 0.25) is 10.0 Å². The average Bonchev–Trinajstić information content (AvgIpc) is 2.47. The predicted octanol–water partition coefficient (Wildman–Crippen LogP) is 1.36. The first-order chi connectivity index (χ1) is 10.7. The van der Waals surface area contributed by atoms with Crippen LogP contribution in [0.3, 0.4) is 0 Å². The van der Waals surface area contributed by atoms with Crippen molar-refractivity contribution in [1.82, 2.24) is 14.9 Å². The van der Waals surface area contributed by atoms with E-state index in [-0.39, 0.29) is 30.4 Å². The van der Waals surface area contributed by atoms with E-state index in [1.54, 1.807) is 0 Å². The van der Waals surface area contributed by atoms with E-state index in [0.717, 1.165) is 24.3 Å². The molecular formula is C13H18ClF4N3O2S. The summed E-state index contributed by atoms with van der Waals surface area (Å²) >= 11 is 0. The Morgan fingerprint density at radius 3 is 2.21 bits per heavy atom. The highest BCUT2D eigenvalue weighted by Crippen LogP contribution is 2.25. The van der Waals surface area contributed by atoms with Gasteiger partial charge < -0.3 is 5.32 Å². The van der Waals surface area contributed by atoms with Crippen LogP contribution in [0, 0.1) is 5.82 Å². The van der Waals surface area contributed by atoms with Gasteiger partial charge in [-0.2, -0.15) is 13.2 Å². The number of hydrogen-bond donors (Lipinski definition) is 2. The minimum Gasteiger partial charge on any atom is -0.314 e. The van der Waals surface area contributed by atoms with Gasteiger partial charge in [-0.25, -0.2) is 17.5 Å². The summed E-state index contributed by atoms with van der Waals surface area (Å²) in [5, 5.41) is 2.94. The Balaban J connectivity index is 0.00000288. The Hall–Kier alpha value is -0.940. The second kappa shape index (κ2) is 8.43. The summed E-state index contributed by atoms with van der Waals surface area (Å²) in [6.45, 7) is 0.405. The molecule has 24 heavy (non-hydrogen) atoms. The molecule has 5 nitrogen and oxygen atoms in total. The molecule has 1 aromatic rings. The standard InChI is InChI=1S/C13H17F4N3O2S.ClH/c14-10-1-3-11(4-2-10)23(21,22)19-9-12(13(15,16)17)20-7-5-18-6-8-20;/h1-4,12,18-19H,5-9H2;1H. The van der Waals surface area contributed by atoms with Crippen LogP contribution in [0.4, 0.5) is 17.6 Å². The third kappa shape index (κ3) is 5.55. The zero-order chi connectivity index (χ0) is 17.1. The topological polar surface area (TPSA) is 61.4 Å². The van der Waals surface area contributed by atoms with Crippen LogP contribution in [0.15, 0.2) is 29.2 Å². The molecule has 1 aromatic carbocycles. The highest BCUT2D eigenvalue weighted by atomic mass is 35.5. The van der Waals surface area contributed by atoms with Crippen molar-refractivity contribution >= 4 is 22.4 Å². The maximum absolute atomic E-state index is 13.2. The number of benzene rings is 1. The third-order valence-electron chi connectivity index (χ3n) is 3.56. The Labute approximate surface area is 143 Å². The van der Waals surface area contributed by atoms with Gasteiger partial charge in [0.1, 0.15) is 11.9 Å². The molecule has 1 unspecified atom stereocenters. The van der Waals surface area contributed by atoms with Crippen molar-refractivity contribution < 1.29 is 26.0 Å². The zero-order valence-electron chi connectivity index (χ0n) is 12.5. The molecule has 1 heterocycles. The summed E-state index contributed by atoms with van der Waals surface area (Å²) in [5.74, 6) is -0.627. The summed E-state index contributed by atoms with van der Waals surface area (Å²) in [4.78, 5) is 0.920. The number of sulfonamides is 1. The smallest absolute Gasteiger partial charge is 0.314 e. The maximum Gasteiger partial charge on any atom is 0.405 e. The molecule has 2 rings (SSSR count). The lowest BCUT2D eigenvalue weighted by molar-refractivity contribution is -0.182. The van der Waals surface area contributed by atoms with Crippen LogP contribution in [0.5, 0.6) is 0 Å². The Morgan fingerprint density at radius 1 is 1.17 bits per heavy atom. The van der Waals surface area contributed by atoms with E-state index in [9.17, 15) is 26.0 Å². The number of nitrogens with zero attached hydrogens (tertiary/aromatic N) is 1. The Morgan fingerprint density at radius 2 is 1.71 bits per heavy atom. The van der Waals surface area contributed by atoms with E-state index in [1.165, 1.54) is 4.90 Å². The largest absolute Gasteiger partial charge is 0.405 e. The van der Waals surface area contributed by atoms with Crippen LogP contribution < -0.4 is 10.0 Å². The fourth-order valence-electron chi connectivity index (χ4n) is 2.33. The lowest BCUT2D eigenvalue weighted by atomic mass is 10.2. The number of rotatable bonds is 5. The van der Waals surface area contributed by atoms with E-state index >= 15 is 0 Å². The van der Waals surface area contributed by atoms with Crippen LogP contribution in [0.25, 0.3) is 0 Å². The first-order valence-electron chi connectivity index (χ1n) is 6.97. The molecule has 0 bridgehead atoms. The monoisotopic (exact) mass is 391 g/mol. The van der Waals surface area contributed by atoms with Gasteiger partial charge in [0.25, 0.3) is 0 Å². The van der Waals surface area contributed by atoms with Gasteiger partial charge in [-0.1, -0.05) is 0 Å². The van der Waals surface area contributed by atoms with Gasteiger partial charge in [0.15, 0.2) is 0 Å². The van der Waals surface area contributed by atoms with Crippen LogP contribution in [0.1, 0.15) is 0 Å². The minimum atomic E-state index is -4.55. The molecule has 11 heteroatoms. The van der Waals surface area contributed by atoms with E-state index in [2.05, 4.69) is 5.32 Å². The second-order valence-electron chi connectivity index (χ2n) is 5.15. The number of nitrogens with one attached hydrogen (secondary N) is 2. The van der Waals surface area contributed by atoms with Crippen molar-refractivity contribution in [3.05, 3.63) is 30.1 Å². The first kappa shape index (κ1) is 21.1. The summed E-state index contributed by atoms with van der Waals surface area (Å²) in [5.41, 5.74) is 0. The molecule has 0 radical (unpaired) electrons. The first-order valence-corrected chi connectivity index (χ1v) is 8.45. The van der Waals surface area contributed by atoms with Crippen molar-refractivity contribution in [3.63, 3.8) is 0 Å². The van der Waals surface area contributed by atoms with Gasteiger partial charge >= 0.3 is 6.18 Å². The summed E-state index contributed by atoms with van der Waals surface area (Å²) < 4.78 is 78.4. The van der Waals surface area contributed by atoms with E-state index in [4.69, 9.17) is 0 Å². The third-order valence-corrected chi connectivity index (χ3v) is 5.00. The number of hydrogen-bond acceptors (Lipinski definition) is 4. The molecule has 1 saturated heterocycles. The average molecular weight is 392 g/mol. The number of alkyl halides is 3. The molecule has 2 N–H and O–H groups in total. The molecule has 1 atom stereocenters. The van der Waals surface area contributed by atoms with Crippen molar-refractivity contribution in [3.8, 4) is 0 Å². The van der Waals surface area contributed by atoms with Crippen LogP contribution in [-0.2, 0) is 10.0 Å². The second-order valence-corrected chi connectivity index (χ2v) is 6.92. The van der Waals surface area contributed by atoms with E-state index in [0.29, 0.717) is 13.1 Å². The molecule has 0 aromatic heterocycles. The zero-order valence-corrected chi connectivity index (χ0v) is 14.1. The molecule has 138 valence electrons. The maximum atomic E-state index is 13.2. The number of halogens is 5. The summed E-state index contributed by atoms with van der Waals surface area (Å²) in [6, 6.07) is 1.98. The van der Waals surface area contributed by atoms with Gasteiger partial charge in [0.05, 0.1) is 4.90 Å². The molecule has 0 saturated carbocycles. The normalized spacial score (nSPS) is 18.0. The Bertz CT molecular complexity index is 619. The summed E-state index contributed by atoms with van der Waals surface area (Å²) in [6.07, 6.45) is -4.55. The van der Waals surface area contributed by atoms with Crippen LogP contribution >= 0.6 is 12.4 Å². The fraction of sp³-hybridized carbons (Fsp3) is 0.538. The molecular weight excluding hydrogens is 374 g/mol. The lowest BCUT2D eigenvalue weighted by Gasteiger charge is -2.35. The van der Waals surface area contributed by atoms with Crippen LogP contribution in [0.2, 0.25) is 0 Å². The fourth-order valence-corrected chi connectivity index (χ4v) is 3.37. The summed E-state index contributed by atoms with van der Waals surface area (Å²) in [7, 11) is -4.13. The lowest BCUT2D eigenvalue weighted by Crippen LogP contribution is -2.57. The minimum absolute atomic E-state index is 0. The van der Waals surface area contributed by atoms with Gasteiger partial charge in [-0.3, -0.25) is 4.90 Å². The van der Waals surface area contributed by atoms with Gasteiger partial charge in [-0.05, 0) is 24.3 Å². The molecule has 1 aliphatic rings. The van der Waals surface area contributed by atoms with Crippen LogP contribution in [-0.4, -0.2) is 58.3 Å². The SMILES string of the molecule is Cl.O=S(=O)(NCC(N1CCNCC1)C(F)(F)F)c1ccc(F)cc1. The molecule has 1 aliphatic heterocycles. The highest BCUT2D eigenvalue weighted by Gasteiger charge is 2.44. The number of piperazine rings is 1. The van der Waals surface area contributed by atoms with Crippen molar-refractivity contribution in [2.45, 2.75) is 17.1 Å². The highest BCUT2D eigenvalue weighted by molar-refractivity contribution is 7.89. The quantitative estimate of drug-likeness (QED) is 0.744. The molecule has 1 fully saturated rings. The van der Waals surface area contributed by atoms with Gasteiger partial charge in [0, 0.05) is 32.7 Å². The van der Waals surface area contributed by atoms with E-state index in [1.807, 2.05) is 4.72 Å². The molecule has 0 amide bonds. The molecule has 0 spiro atoms. The van der Waals surface area contributed by atoms with Crippen molar-refractivity contribution in [1.29, 1.82) is 0 Å². The van der Waals surface area contributed by atoms with Crippen molar-refractivity contribution in [2.24, 2.45) is 0 Å². The predicted molar refractivity (Wildman–Crippen MR) is 83.1 cm³/mol. The van der Waals surface area contributed by atoms with E-state index < -0.39 is 34.6 Å².